The van der Waals surface area contributed by atoms with E-state index in [1.807, 2.05) is 11.8 Å². The highest BCUT2D eigenvalue weighted by Gasteiger charge is 2.48. The Labute approximate surface area is 269 Å². The third-order valence-corrected chi connectivity index (χ3v) is 14.0. The fourth-order valence-corrected chi connectivity index (χ4v) is 12.1. The Morgan fingerprint density at radius 1 is 0.614 bits per heavy atom. The lowest BCUT2D eigenvalue weighted by atomic mass is 9.76. The summed E-state index contributed by atoms with van der Waals surface area (Å²) in [7, 11) is -0.736. The quantitative estimate of drug-likeness (QED) is 0.107. The molecule has 1 nitrogen and oxygen atoms in total. The standard InChI is InChI=1S/C41H42NPS/c1-28-12-8-13-29(2)39(28)43(40-30(3)14-9-15-31(40)4)36-21-11-17-33-23-25-41(38(33)36)24-22-32-16-10-20-35(37(32)41)42-26-27-44-34-18-6-5-7-19-34/h5-21,42H,22-27H2,1-4H3/t41-/m1/s1. The Morgan fingerprint density at radius 2 is 1.16 bits per heavy atom. The van der Waals surface area contributed by atoms with Crippen molar-refractivity contribution < 1.29 is 0 Å². The summed E-state index contributed by atoms with van der Waals surface area (Å²) in [6.07, 6.45) is 4.71. The van der Waals surface area contributed by atoms with Gasteiger partial charge in [0.05, 0.1) is 0 Å². The first-order chi connectivity index (χ1) is 21.5. The largest absolute Gasteiger partial charge is 0.384 e. The fraction of sp³-hybridized carbons (Fsp3) is 0.268. The average Bonchev–Trinajstić information content (AvgIpc) is 3.60. The monoisotopic (exact) mass is 611 g/mol. The van der Waals surface area contributed by atoms with Crippen LogP contribution in [-0.2, 0) is 18.3 Å². The maximum atomic E-state index is 3.93. The molecular weight excluding hydrogens is 569 g/mol. The zero-order chi connectivity index (χ0) is 30.3. The molecule has 5 aromatic rings. The van der Waals surface area contributed by atoms with E-state index in [9.17, 15) is 0 Å². The van der Waals surface area contributed by atoms with Crippen LogP contribution in [0.5, 0.6) is 0 Å². The fourth-order valence-electron chi connectivity index (χ4n) is 8.04. The van der Waals surface area contributed by atoms with Crippen molar-refractivity contribution >= 4 is 41.3 Å². The van der Waals surface area contributed by atoms with Crippen LogP contribution >= 0.6 is 19.7 Å². The average molecular weight is 612 g/mol. The first-order valence-corrected chi connectivity index (χ1v) is 18.4. The Bertz CT molecular complexity index is 1730. The Balaban J connectivity index is 1.35. The molecule has 1 N–H and O–H groups in total. The minimum atomic E-state index is -0.736. The summed E-state index contributed by atoms with van der Waals surface area (Å²) in [4.78, 5) is 1.34. The number of nitrogens with one attached hydrogen (secondary N) is 1. The van der Waals surface area contributed by atoms with E-state index in [4.69, 9.17) is 0 Å². The van der Waals surface area contributed by atoms with Gasteiger partial charge in [-0.3, -0.25) is 0 Å². The van der Waals surface area contributed by atoms with E-state index in [0.29, 0.717) is 0 Å². The summed E-state index contributed by atoms with van der Waals surface area (Å²) in [6.45, 7) is 10.3. The van der Waals surface area contributed by atoms with Gasteiger partial charge in [0.15, 0.2) is 0 Å². The lowest BCUT2D eigenvalue weighted by Gasteiger charge is -2.35. The summed E-state index contributed by atoms with van der Waals surface area (Å²) < 4.78 is 0. The lowest BCUT2D eigenvalue weighted by Crippen LogP contribution is -2.34. The van der Waals surface area contributed by atoms with Gasteiger partial charge in [0, 0.05) is 28.3 Å². The van der Waals surface area contributed by atoms with Crippen LogP contribution in [0, 0.1) is 27.7 Å². The van der Waals surface area contributed by atoms with Gasteiger partial charge in [0.25, 0.3) is 0 Å². The molecule has 0 unspecified atom stereocenters. The predicted molar refractivity (Wildman–Crippen MR) is 194 cm³/mol. The van der Waals surface area contributed by atoms with Crippen LogP contribution in [0.4, 0.5) is 5.69 Å². The van der Waals surface area contributed by atoms with Crippen LogP contribution in [0.15, 0.2) is 108 Å². The second-order valence-electron chi connectivity index (χ2n) is 12.6. The number of fused-ring (bicyclic) bond motifs is 4. The molecule has 0 fully saturated rings. The third-order valence-electron chi connectivity index (χ3n) is 9.88. The van der Waals surface area contributed by atoms with E-state index in [1.165, 1.54) is 61.9 Å². The summed E-state index contributed by atoms with van der Waals surface area (Å²) in [5.41, 5.74) is 13.4. The molecule has 44 heavy (non-hydrogen) atoms. The molecule has 0 saturated carbocycles. The Morgan fingerprint density at radius 3 is 1.77 bits per heavy atom. The molecule has 5 aromatic carbocycles. The van der Waals surface area contributed by atoms with Crippen molar-refractivity contribution in [2.24, 2.45) is 0 Å². The molecule has 3 heteroatoms. The first kappa shape index (κ1) is 29.4. The number of rotatable bonds is 8. The van der Waals surface area contributed by atoms with Crippen LogP contribution < -0.4 is 21.2 Å². The Kier molecular flexibility index (Phi) is 8.17. The van der Waals surface area contributed by atoms with Crippen LogP contribution in [0.2, 0.25) is 0 Å². The lowest BCUT2D eigenvalue weighted by molar-refractivity contribution is 0.510. The zero-order valence-electron chi connectivity index (χ0n) is 26.4. The molecule has 0 saturated heterocycles. The van der Waals surface area contributed by atoms with Gasteiger partial charge in [-0.05, 0) is 140 Å². The smallest absolute Gasteiger partial charge is 0.0384 e. The van der Waals surface area contributed by atoms with E-state index in [0.717, 1.165) is 25.1 Å². The SMILES string of the molecule is Cc1cccc(C)c1P(c1cccc2c1[C@]1(CCc3cccc(NCCSc4ccccc4)c31)CC2)c1c(C)cccc1C. The number of thioether (sulfide) groups is 1. The molecule has 2 aliphatic rings. The van der Waals surface area contributed by atoms with Crippen molar-refractivity contribution in [1.29, 1.82) is 0 Å². The second kappa shape index (κ2) is 12.2. The van der Waals surface area contributed by atoms with Crippen LogP contribution in [-0.4, -0.2) is 12.3 Å². The van der Waals surface area contributed by atoms with Crippen molar-refractivity contribution in [2.45, 2.75) is 63.7 Å². The zero-order valence-corrected chi connectivity index (χ0v) is 28.1. The second-order valence-corrected chi connectivity index (χ2v) is 15.9. The van der Waals surface area contributed by atoms with Crippen molar-refractivity contribution in [3.8, 4) is 0 Å². The van der Waals surface area contributed by atoms with Gasteiger partial charge in [0.2, 0.25) is 0 Å². The van der Waals surface area contributed by atoms with Crippen molar-refractivity contribution in [1.82, 2.24) is 0 Å². The van der Waals surface area contributed by atoms with Gasteiger partial charge < -0.3 is 5.32 Å². The van der Waals surface area contributed by atoms with Crippen LogP contribution in [0.25, 0.3) is 0 Å². The molecule has 0 bridgehead atoms. The van der Waals surface area contributed by atoms with E-state index < -0.39 is 7.92 Å². The molecule has 1 spiro atoms. The van der Waals surface area contributed by atoms with Gasteiger partial charge in [-0.15, -0.1) is 11.8 Å². The van der Waals surface area contributed by atoms with Crippen molar-refractivity contribution in [3.05, 3.63) is 148 Å². The maximum absolute atomic E-state index is 3.93. The third kappa shape index (κ3) is 5.11. The normalized spacial score (nSPS) is 16.8. The predicted octanol–water partition coefficient (Wildman–Crippen LogP) is 9.06. The minimum absolute atomic E-state index is 0.0607. The van der Waals surface area contributed by atoms with E-state index in [2.05, 4.69) is 136 Å². The van der Waals surface area contributed by atoms with Crippen LogP contribution in [0.1, 0.15) is 57.3 Å². The van der Waals surface area contributed by atoms with E-state index >= 15 is 0 Å². The summed E-state index contributed by atoms with van der Waals surface area (Å²) in [6, 6.07) is 38.8. The van der Waals surface area contributed by atoms with Crippen LogP contribution in [0.3, 0.4) is 0 Å². The highest BCUT2D eigenvalue weighted by atomic mass is 32.2. The molecule has 0 aromatic heterocycles. The van der Waals surface area contributed by atoms with Gasteiger partial charge in [0.1, 0.15) is 0 Å². The molecule has 1 atom stereocenters. The van der Waals surface area contributed by atoms with E-state index in [1.54, 1.807) is 22.0 Å². The van der Waals surface area contributed by atoms with Gasteiger partial charge >= 0.3 is 0 Å². The number of hydrogen-bond donors (Lipinski definition) is 1. The van der Waals surface area contributed by atoms with Crippen molar-refractivity contribution in [3.63, 3.8) is 0 Å². The maximum Gasteiger partial charge on any atom is 0.0384 e. The molecule has 0 aliphatic heterocycles. The molecule has 7 rings (SSSR count). The topological polar surface area (TPSA) is 12.0 Å². The van der Waals surface area contributed by atoms with Gasteiger partial charge in [-0.1, -0.05) is 84.9 Å². The molecular formula is C41H42NPS. The molecule has 0 heterocycles. The van der Waals surface area contributed by atoms with E-state index in [-0.39, 0.29) is 5.41 Å². The highest BCUT2D eigenvalue weighted by Crippen LogP contribution is 2.56. The molecule has 0 radical (unpaired) electrons. The summed E-state index contributed by atoms with van der Waals surface area (Å²) >= 11 is 1.93. The number of anilines is 1. The summed E-state index contributed by atoms with van der Waals surface area (Å²) in [5, 5.41) is 8.59. The summed E-state index contributed by atoms with van der Waals surface area (Å²) in [5.74, 6) is 1.05. The number of hydrogen-bond acceptors (Lipinski definition) is 2. The minimum Gasteiger partial charge on any atom is -0.384 e. The molecule has 222 valence electrons. The first-order valence-electron chi connectivity index (χ1n) is 16.1. The highest BCUT2D eigenvalue weighted by molar-refractivity contribution is 7.99. The van der Waals surface area contributed by atoms with Gasteiger partial charge in [-0.2, -0.15) is 0 Å². The van der Waals surface area contributed by atoms with Gasteiger partial charge in [-0.25, -0.2) is 0 Å². The Hall–Kier alpha value is -3.32. The number of benzene rings is 5. The molecule has 2 aliphatic carbocycles. The number of aryl methyl sites for hydroxylation is 6. The molecule has 0 amide bonds. The van der Waals surface area contributed by atoms with Crippen molar-refractivity contribution in [2.75, 3.05) is 17.6 Å².